The van der Waals surface area contributed by atoms with Gasteiger partial charge in [-0.3, -0.25) is 4.79 Å². The molecule has 1 aliphatic rings. The molecule has 0 spiro atoms. The largest absolute Gasteiger partial charge is 0.486 e. The third-order valence-corrected chi connectivity index (χ3v) is 4.18. The summed E-state index contributed by atoms with van der Waals surface area (Å²) < 4.78 is 29.8. The zero-order valence-corrected chi connectivity index (χ0v) is 14.8. The van der Waals surface area contributed by atoms with Crippen LogP contribution in [0.3, 0.4) is 0 Å². The molecule has 0 saturated carbocycles. The van der Waals surface area contributed by atoms with Gasteiger partial charge in [0, 0.05) is 0 Å². The molecule has 2 aromatic rings. The summed E-state index contributed by atoms with van der Waals surface area (Å²) in [6.07, 6.45) is -0.156. The molecule has 0 radical (unpaired) electrons. The Labute approximate surface area is 152 Å². The molecular formula is C20H22FNO4. The van der Waals surface area contributed by atoms with E-state index in [0.29, 0.717) is 36.9 Å². The summed E-state index contributed by atoms with van der Waals surface area (Å²) in [6.45, 7) is 4.81. The predicted octanol–water partition coefficient (Wildman–Crippen LogP) is 3.63. The van der Waals surface area contributed by atoms with Crippen molar-refractivity contribution >= 4 is 5.91 Å². The Hall–Kier alpha value is -2.76. The first kappa shape index (κ1) is 18.0. The molecule has 3 rings (SSSR count). The van der Waals surface area contributed by atoms with Crippen molar-refractivity contribution in [3.8, 4) is 17.2 Å². The van der Waals surface area contributed by atoms with Gasteiger partial charge in [0.1, 0.15) is 24.8 Å². The Morgan fingerprint density at radius 2 is 1.85 bits per heavy atom. The van der Waals surface area contributed by atoms with E-state index in [1.165, 1.54) is 24.3 Å². The van der Waals surface area contributed by atoms with Gasteiger partial charge in [0.25, 0.3) is 5.91 Å². The molecule has 26 heavy (non-hydrogen) atoms. The van der Waals surface area contributed by atoms with Crippen LogP contribution in [0, 0.1) is 5.82 Å². The highest BCUT2D eigenvalue weighted by atomic mass is 19.1. The maximum Gasteiger partial charge on any atom is 0.261 e. The van der Waals surface area contributed by atoms with Crippen LogP contribution in [0.25, 0.3) is 0 Å². The van der Waals surface area contributed by atoms with Gasteiger partial charge in [-0.25, -0.2) is 4.39 Å². The van der Waals surface area contributed by atoms with E-state index in [1.54, 1.807) is 0 Å². The highest BCUT2D eigenvalue weighted by Gasteiger charge is 2.22. The van der Waals surface area contributed by atoms with Gasteiger partial charge >= 0.3 is 0 Å². The minimum absolute atomic E-state index is 0.218. The van der Waals surface area contributed by atoms with Crippen LogP contribution in [-0.2, 0) is 4.79 Å². The maximum atomic E-state index is 13.0. The number of benzene rings is 2. The van der Waals surface area contributed by atoms with E-state index in [4.69, 9.17) is 14.2 Å². The zero-order valence-electron chi connectivity index (χ0n) is 14.8. The van der Waals surface area contributed by atoms with Gasteiger partial charge in [0.2, 0.25) is 0 Å². The van der Waals surface area contributed by atoms with E-state index in [0.717, 1.165) is 5.56 Å². The van der Waals surface area contributed by atoms with Crippen LogP contribution in [0.5, 0.6) is 17.2 Å². The standard InChI is InChI=1S/C20H22FNO4/c1-3-17(26-16-7-5-15(21)6-8-16)20(23)22-13(2)14-4-9-18-19(12-14)25-11-10-24-18/h4-9,12-13,17H,3,10-11H2,1-2H3,(H,22,23). The SMILES string of the molecule is CCC(Oc1ccc(F)cc1)C(=O)NC(C)c1ccc2c(c1)OCCO2. The lowest BCUT2D eigenvalue weighted by Gasteiger charge is -2.23. The molecule has 138 valence electrons. The molecule has 5 nitrogen and oxygen atoms in total. The lowest BCUT2D eigenvalue weighted by Crippen LogP contribution is -2.39. The fraction of sp³-hybridized carbons (Fsp3) is 0.350. The zero-order chi connectivity index (χ0) is 18.5. The summed E-state index contributed by atoms with van der Waals surface area (Å²) in [5.41, 5.74) is 0.916. The van der Waals surface area contributed by atoms with E-state index >= 15 is 0 Å². The van der Waals surface area contributed by atoms with Gasteiger partial charge in [0.05, 0.1) is 6.04 Å². The smallest absolute Gasteiger partial charge is 0.261 e. The van der Waals surface area contributed by atoms with Crippen molar-refractivity contribution in [1.29, 1.82) is 0 Å². The van der Waals surface area contributed by atoms with Crippen LogP contribution in [-0.4, -0.2) is 25.2 Å². The van der Waals surface area contributed by atoms with Crippen LogP contribution in [0.2, 0.25) is 0 Å². The molecule has 2 unspecified atom stereocenters. The molecule has 1 heterocycles. The van der Waals surface area contributed by atoms with E-state index in [2.05, 4.69) is 5.32 Å². The number of halogens is 1. The number of ether oxygens (including phenoxy) is 3. The van der Waals surface area contributed by atoms with E-state index in [-0.39, 0.29) is 17.8 Å². The summed E-state index contributed by atoms with van der Waals surface area (Å²) >= 11 is 0. The van der Waals surface area contributed by atoms with Crippen molar-refractivity contribution in [2.24, 2.45) is 0 Å². The normalized spacial score (nSPS) is 15.0. The average molecular weight is 359 g/mol. The van der Waals surface area contributed by atoms with Gasteiger partial charge in [-0.1, -0.05) is 13.0 Å². The molecule has 0 bridgehead atoms. The first-order valence-corrected chi connectivity index (χ1v) is 8.69. The van der Waals surface area contributed by atoms with Crippen molar-refractivity contribution in [2.75, 3.05) is 13.2 Å². The summed E-state index contributed by atoms with van der Waals surface area (Å²) in [6, 6.07) is 11.0. The van der Waals surface area contributed by atoms with Gasteiger partial charge in [0.15, 0.2) is 17.6 Å². The van der Waals surface area contributed by atoms with E-state index in [1.807, 2.05) is 32.0 Å². The quantitative estimate of drug-likeness (QED) is 0.856. The number of rotatable bonds is 6. The number of carbonyl (C=O) groups is 1. The van der Waals surface area contributed by atoms with Gasteiger partial charge in [-0.2, -0.15) is 0 Å². The molecule has 2 aromatic carbocycles. The van der Waals surface area contributed by atoms with Crippen molar-refractivity contribution in [3.05, 3.63) is 53.8 Å². The molecule has 0 fully saturated rings. The Morgan fingerprint density at radius 3 is 2.54 bits per heavy atom. The fourth-order valence-electron chi connectivity index (χ4n) is 2.72. The van der Waals surface area contributed by atoms with Gasteiger partial charge in [-0.05, 0) is 55.3 Å². The maximum absolute atomic E-state index is 13.0. The Bertz CT molecular complexity index is 763. The topological polar surface area (TPSA) is 56.8 Å². The second-order valence-electron chi connectivity index (χ2n) is 6.10. The highest BCUT2D eigenvalue weighted by Crippen LogP contribution is 2.32. The fourth-order valence-corrected chi connectivity index (χ4v) is 2.72. The summed E-state index contributed by atoms with van der Waals surface area (Å²) in [4.78, 5) is 12.6. The van der Waals surface area contributed by atoms with Crippen LogP contribution in [0.4, 0.5) is 4.39 Å². The third-order valence-electron chi connectivity index (χ3n) is 4.18. The minimum Gasteiger partial charge on any atom is -0.486 e. The summed E-state index contributed by atoms with van der Waals surface area (Å²) in [5.74, 6) is 1.29. The Kier molecular flexibility index (Phi) is 5.61. The summed E-state index contributed by atoms with van der Waals surface area (Å²) in [7, 11) is 0. The van der Waals surface area contributed by atoms with E-state index < -0.39 is 6.10 Å². The molecule has 0 aliphatic carbocycles. The number of carbonyl (C=O) groups excluding carboxylic acids is 1. The Balaban J connectivity index is 1.64. The number of fused-ring (bicyclic) bond motifs is 1. The average Bonchev–Trinajstić information content (AvgIpc) is 2.67. The first-order valence-electron chi connectivity index (χ1n) is 8.69. The number of hydrogen-bond donors (Lipinski definition) is 1. The van der Waals surface area contributed by atoms with Crippen LogP contribution in [0.15, 0.2) is 42.5 Å². The highest BCUT2D eigenvalue weighted by molar-refractivity contribution is 5.81. The van der Waals surface area contributed by atoms with Gasteiger partial charge < -0.3 is 19.5 Å². The first-order chi connectivity index (χ1) is 12.6. The number of hydrogen-bond acceptors (Lipinski definition) is 4. The van der Waals surface area contributed by atoms with Crippen LogP contribution in [0.1, 0.15) is 31.9 Å². The molecule has 1 amide bonds. The van der Waals surface area contributed by atoms with Gasteiger partial charge in [-0.15, -0.1) is 0 Å². The minimum atomic E-state index is -0.653. The third kappa shape index (κ3) is 4.25. The molecule has 1 N–H and O–H groups in total. The second-order valence-corrected chi connectivity index (χ2v) is 6.10. The van der Waals surface area contributed by atoms with Crippen molar-refractivity contribution in [3.63, 3.8) is 0 Å². The van der Waals surface area contributed by atoms with Crippen LogP contribution >= 0.6 is 0 Å². The molecular weight excluding hydrogens is 337 g/mol. The van der Waals surface area contributed by atoms with E-state index in [9.17, 15) is 9.18 Å². The number of nitrogens with one attached hydrogen (secondary N) is 1. The van der Waals surface area contributed by atoms with Crippen molar-refractivity contribution in [2.45, 2.75) is 32.4 Å². The Morgan fingerprint density at radius 1 is 1.15 bits per heavy atom. The monoisotopic (exact) mass is 359 g/mol. The van der Waals surface area contributed by atoms with Crippen molar-refractivity contribution in [1.82, 2.24) is 5.32 Å². The summed E-state index contributed by atoms with van der Waals surface area (Å²) in [5, 5.41) is 2.95. The lowest BCUT2D eigenvalue weighted by molar-refractivity contribution is -0.128. The second kappa shape index (κ2) is 8.08. The predicted molar refractivity (Wildman–Crippen MR) is 95.1 cm³/mol. The van der Waals surface area contributed by atoms with Crippen molar-refractivity contribution < 1.29 is 23.4 Å². The molecule has 0 saturated heterocycles. The number of amides is 1. The molecule has 1 aliphatic heterocycles. The van der Waals surface area contributed by atoms with Crippen LogP contribution < -0.4 is 19.5 Å². The molecule has 0 aromatic heterocycles. The molecule has 2 atom stereocenters. The molecule has 6 heteroatoms. The lowest BCUT2D eigenvalue weighted by atomic mass is 10.1.